The summed E-state index contributed by atoms with van der Waals surface area (Å²) < 4.78 is 5.43. The molecule has 0 aliphatic carbocycles. The van der Waals surface area contributed by atoms with E-state index in [4.69, 9.17) is 11.6 Å². The first kappa shape index (κ1) is 20.4. The minimum absolute atomic E-state index is 0.0356. The molecule has 0 radical (unpaired) electrons. The molecule has 0 aliphatic rings. The molecule has 1 amide bonds. The van der Waals surface area contributed by atoms with Crippen molar-refractivity contribution in [1.29, 1.82) is 0 Å². The van der Waals surface area contributed by atoms with Crippen molar-refractivity contribution in [3.63, 3.8) is 0 Å². The molecule has 140 valence electrons. The zero-order valence-electron chi connectivity index (χ0n) is 15.1. The van der Waals surface area contributed by atoms with Gasteiger partial charge in [0.05, 0.1) is 23.1 Å². The monoisotopic (exact) mass is 394 g/mol. The number of likely N-dealkylation sites (N-methyl/N-ethyl adjacent to an activating group) is 1. The maximum Gasteiger partial charge on any atom is 0.337 e. The van der Waals surface area contributed by atoms with E-state index >= 15 is 0 Å². The zero-order chi connectivity index (χ0) is 19.1. The lowest BCUT2D eigenvalue weighted by atomic mass is 10.1. The second-order valence-electron chi connectivity index (χ2n) is 5.85. The molecule has 1 aromatic carbocycles. The summed E-state index contributed by atoms with van der Waals surface area (Å²) in [5.41, 5.74) is 1.41. The number of amides is 1. The predicted molar refractivity (Wildman–Crippen MR) is 105 cm³/mol. The standard InChI is InChI=1S/C19H23ClN2O3S/c1-4-22(12-16-9-10-17(20)26-16)13(2)18(23)21-11-14-5-7-15(8-6-14)19(24)25-3/h5-10,13H,4,11-12H2,1-3H3,(H,21,23). The summed E-state index contributed by atoms with van der Waals surface area (Å²) >= 11 is 7.51. The van der Waals surface area contributed by atoms with Gasteiger partial charge in [0.15, 0.2) is 0 Å². The number of nitrogens with zero attached hydrogens (tertiary/aromatic N) is 1. The smallest absolute Gasteiger partial charge is 0.337 e. The second-order valence-corrected chi connectivity index (χ2v) is 7.65. The van der Waals surface area contributed by atoms with Crippen LogP contribution in [0.15, 0.2) is 36.4 Å². The lowest BCUT2D eigenvalue weighted by molar-refractivity contribution is -0.126. The van der Waals surface area contributed by atoms with Gasteiger partial charge in [-0.3, -0.25) is 9.69 Å². The van der Waals surface area contributed by atoms with Crippen LogP contribution in [0.3, 0.4) is 0 Å². The maximum atomic E-state index is 12.5. The number of rotatable bonds is 8. The lowest BCUT2D eigenvalue weighted by Gasteiger charge is -2.26. The Bertz CT molecular complexity index is 745. The van der Waals surface area contributed by atoms with Crippen molar-refractivity contribution in [3.8, 4) is 0 Å². The number of hydrogen-bond acceptors (Lipinski definition) is 5. The largest absolute Gasteiger partial charge is 0.465 e. The molecule has 1 unspecified atom stereocenters. The van der Waals surface area contributed by atoms with Crippen LogP contribution < -0.4 is 5.32 Å². The average Bonchev–Trinajstić information content (AvgIpc) is 3.08. The highest BCUT2D eigenvalue weighted by atomic mass is 35.5. The van der Waals surface area contributed by atoms with E-state index < -0.39 is 0 Å². The summed E-state index contributed by atoms with van der Waals surface area (Å²) in [6, 6.07) is 10.6. The molecular formula is C19H23ClN2O3S. The number of esters is 1. The van der Waals surface area contributed by atoms with Crippen molar-refractivity contribution >= 4 is 34.8 Å². The Balaban J connectivity index is 1.89. The number of carbonyl (C=O) groups is 2. The molecule has 0 bridgehead atoms. The van der Waals surface area contributed by atoms with Crippen LogP contribution in [0.4, 0.5) is 0 Å². The normalized spacial score (nSPS) is 12.0. The van der Waals surface area contributed by atoms with Crippen LogP contribution in [0.25, 0.3) is 0 Å². The molecule has 5 nitrogen and oxygen atoms in total. The van der Waals surface area contributed by atoms with E-state index in [1.54, 1.807) is 12.1 Å². The van der Waals surface area contributed by atoms with Crippen LogP contribution in [-0.4, -0.2) is 36.5 Å². The zero-order valence-corrected chi connectivity index (χ0v) is 16.7. The summed E-state index contributed by atoms with van der Waals surface area (Å²) in [7, 11) is 1.35. The quantitative estimate of drug-likeness (QED) is 0.693. The number of carbonyl (C=O) groups excluding carboxylic acids is 2. The third-order valence-corrected chi connectivity index (χ3v) is 5.38. The average molecular weight is 395 g/mol. The van der Waals surface area contributed by atoms with Crippen molar-refractivity contribution in [1.82, 2.24) is 10.2 Å². The van der Waals surface area contributed by atoms with Gasteiger partial charge in [-0.25, -0.2) is 4.79 Å². The molecule has 1 heterocycles. The number of hydrogen-bond donors (Lipinski definition) is 1. The number of methoxy groups -OCH3 is 1. The van der Waals surface area contributed by atoms with E-state index in [-0.39, 0.29) is 17.9 Å². The van der Waals surface area contributed by atoms with E-state index in [0.29, 0.717) is 18.7 Å². The topological polar surface area (TPSA) is 58.6 Å². The van der Waals surface area contributed by atoms with Crippen molar-refractivity contribution < 1.29 is 14.3 Å². The molecule has 1 atom stereocenters. The summed E-state index contributed by atoms with van der Waals surface area (Å²) in [6.07, 6.45) is 0. The molecule has 7 heteroatoms. The van der Waals surface area contributed by atoms with Crippen molar-refractivity contribution in [2.45, 2.75) is 33.0 Å². The molecule has 0 saturated carbocycles. The van der Waals surface area contributed by atoms with Crippen LogP contribution in [0.1, 0.15) is 34.6 Å². The Kier molecular flexibility index (Phi) is 7.63. The molecule has 26 heavy (non-hydrogen) atoms. The molecule has 0 fully saturated rings. The van der Waals surface area contributed by atoms with Crippen molar-refractivity contribution in [2.24, 2.45) is 0 Å². The van der Waals surface area contributed by atoms with E-state index in [2.05, 4.69) is 15.0 Å². The third-order valence-electron chi connectivity index (χ3n) is 4.16. The summed E-state index contributed by atoms with van der Waals surface area (Å²) in [5.74, 6) is -0.409. The molecule has 0 spiro atoms. The minimum Gasteiger partial charge on any atom is -0.465 e. The summed E-state index contributed by atoms with van der Waals surface area (Å²) in [6.45, 7) is 5.79. The van der Waals surface area contributed by atoms with Crippen LogP contribution in [0.5, 0.6) is 0 Å². The van der Waals surface area contributed by atoms with Gasteiger partial charge in [-0.2, -0.15) is 0 Å². The van der Waals surface area contributed by atoms with Crippen LogP contribution in [0.2, 0.25) is 4.34 Å². The van der Waals surface area contributed by atoms with Gasteiger partial charge in [0.1, 0.15) is 0 Å². The fraction of sp³-hybridized carbons (Fsp3) is 0.368. The Labute approximate surface area is 162 Å². The molecule has 2 rings (SSSR count). The van der Waals surface area contributed by atoms with E-state index in [0.717, 1.165) is 21.3 Å². The Morgan fingerprint density at radius 1 is 1.23 bits per heavy atom. The molecule has 1 N–H and O–H groups in total. The van der Waals surface area contributed by atoms with Crippen LogP contribution in [0, 0.1) is 0 Å². The summed E-state index contributed by atoms with van der Waals surface area (Å²) in [4.78, 5) is 27.1. The molecule has 0 saturated heterocycles. The SMILES string of the molecule is CCN(Cc1ccc(Cl)s1)C(C)C(=O)NCc1ccc(C(=O)OC)cc1. The summed E-state index contributed by atoms with van der Waals surface area (Å²) in [5, 5.41) is 2.95. The van der Waals surface area contributed by atoms with Gasteiger partial charge in [-0.15, -0.1) is 11.3 Å². The highest BCUT2D eigenvalue weighted by Gasteiger charge is 2.20. The highest BCUT2D eigenvalue weighted by Crippen LogP contribution is 2.23. The van der Waals surface area contributed by atoms with E-state index in [9.17, 15) is 9.59 Å². The third kappa shape index (κ3) is 5.56. The fourth-order valence-electron chi connectivity index (χ4n) is 2.54. The Morgan fingerprint density at radius 3 is 2.46 bits per heavy atom. The van der Waals surface area contributed by atoms with Gasteiger partial charge in [0.2, 0.25) is 5.91 Å². The van der Waals surface area contributed by atoms with Gasteiger partial charge in [-0.05, 0) is 43.3 Å². The molecule has 1 aromatic heterocycles. The first-order valence-corrected chi connectivity index (χ1v) is 9.57. The number of benzene rings is 1. The molecule has 0 aliphatic heterocycles. The van der Waals surface area contributed by atoms with Gasteiger partial charge in [-0.1, -0.05) is 30.7 Å². The Hall–Kier alpha value is -1.89. The first-order valence-electron chi connectivity index (χ1n) is 8.37. The number of nitrogens with one attached hydrogen (secondary N) is 1. The maximum absolute atomic E-state index is 12.5. The fourth-order valence-corrected chi connectivity index (χ4v) is 3.65. The highest BCUT2D eigenvalue weighted by molar-refractivity contribution is 7.16. The molecular weight excluding hydrogens is 372 g/mol. The van der Waals surface area contributed by atoms with E-state index in [1.165, 1.54) is 18.4 Å². The van der Waals surface area contributed by atoms with Crippen LogP contribution in [-0.2, 0) is 22.6 Å². The number of thiophene rings is 1. The van der Waals surface area contributed by atoms with Gasteiger partial charge in [0, 0.05) is 18.0 Å². The van der Waals surface area contributed by atoms with Crippen LogP contribution >= 0.6 is 22.9 Å². The van der Waals surface area contributed by atoms with Crippen molar-refractivity contribution in [3.05, 3.63) is 56.7 Å². The number of halogens is 1. The van der Waals surface area contributed by atoms with Gasteiger partial charge >= 0.3 is 5.97 Å². The van der Waals surface area contributed by atoms with E-state index in [1.807, 2.05) is 38.1 Å². The molecule has 2 aromatic rings. The van der Waals surface area contributed by atoms with Gasteiger partial charge < -0.3 is 10.1 Å². The second kappa shape index (κ2) is 9.71. The minimum atomic E-state index is -0.374. The Morgan fingerprint density at radius 2 is 1.92 bits per heavy atom. The lowest BCUT2D eigenvalue weighted by Crippen LogP contribution is -2.44. The van der Waals surface area contributed by atoms with Crippen molar-refractivity contribution in [2.75, 3.05) is 13.7 Å². The van der Waals surface area contributed by atoms with Gasteiger partial charge in [0.25, 0.3) is 0 Å². The predicted octanol–water partition coefficient (Wildman–Crippen LogP) is 3.71. The number of ether oxygens (including phenoxy) is 1. The first-order chi connectivity index (χ1) is 12.4.